The first kappa shape index (κ1) is 22.0. The van der Waals surface area contributed by atoms with Gasteiger partial charge in [-0.1, -0.05) is 12.1 Å². The number of ether oxygens (including phenoxy) is 1. The lowest BCUT2D eigenvalue weighted by atomic mass is 9.99. The van der Waals surface area contributed by atoms with E-state index in [4.69, 9.17) is 4.74 Å². The number of rotatable bonds is 7. The molecule has 33 heavy (non-hydrogen) atoms. The van der Waals surface area contributed by atoms with Crippen molar-refractivity contribution in [1.29, 1.82) is 0 Å². The Morgan fingerprint density at radius 1 is 1.12 bits per heavy atom. The van der Waals surface area contributed by atoms with Gasteiger partial charge in [0, 0.05) is 50.2 Å². The van der Waals surface area contributed by atoms with Crippen LogP contribution in [0.3, 0.4) is 0 Å². The van der Waals surface area contributed by atoms with Crippen LogP contribution < -0.4 is 11.4 Å². The third-order valence-electron chi connectivity index (χ3n) is 7.29. The Morgan fingerprint density at radius 2 is 1.88 bits per heavy atom. The number of fused-ring (bicyclic) bond motifs is 3. The summed E-state index contributed by atoms with van der Waals surface area (Å²) in [5.74, 6) is 0.150. The third-order valence-corrected chi connectivity index (χ3v) is 7.29. The Kier molecular flexibility index (Phi) is 5.92. The summed E-state index contributed by atoms with van der Waals surface area (Å²) in [5.41, 5.74) is 0.724. The van der Waals surface area contributed by atoms with Gasteiger partial charge in [0.25, 0.3) is 0 Å². The van der Waals surface area contributed by atoms with E-state index in [1.165, 1.54) is 15.0 Å². The van der Waals surface area contributed by atoms with Gasteiger partial charge in [0.15, 0.2) is 0 Å². The number of halogens is 1. The first-order chi connectivity index (χ1) is 15.9. The van der Waals surface area contributed by atoms with Gasteiger partial charge in [-0.05, 0) is 50.7 Å². The summed E-state index contributed by atoms with van der Waals surface area (Å²) < 4.78 is 24.5. The van der Waals surface area contributed by atoms with Crippen LogP contribution in [0.4, 0.5) is 4.39 Å². The average Bonchev–Trinajstić information content (AvgIpc) is 3.25. The van der Waals surface area contributed by atoms with Gasteiger partial charge < -0.3 is 9.30 Å². The highest BCUT2D eigenvalue weighted by Crippen LogP contribution is 2.37. The second-order valence-corrected chi connectivity index (χ2v) is 9.32. The maximum absolute atomic E-state index is 14.1. The smallest absolute Gasteiger partial charge is 0.354 e. The van der Waals surface area contributed by atoms with Crippen LogP contribution in [0.25, 0.3) is 5.78 Å². The van der Waals surface area contributed by atoms with E-state index in [1.54, 1.807) is 30.1 Å². The molecule has 0 amide bonds. The minimum absolute atomic E-state index is 0.134. The van der Waals surface area contributed by atoms with Crippen molar-refractivity contribution in [3.63, 3.8) is 0 Å². The van der Waals surface area contributed by atoms with Gasteiger partial charge in [0.2, 0.25) is 5.78 Å². The Bertz CT molecular complexity index is 1250. The summed E-state index contributed by atoms with van der Waals surface area (Å²) in [6.07, 6.45) is 8.32. The zero-order valence-corrected chi connectivity index (χ0v) is 19.1. The normalized spacial score (nSPS) is 22.9. The summed E-state index contributed by atoms with van der Waals surface area (Å²) in [6, 6.07) is 5.99. The van der Waals surface area contributed by atoms with Crippen molar-refractivity contribution in [2.75, 3.05) is 6.54 Å². The Morgan fingerprint density at radius 3 is 2.61 bits per heavy atom. The lowest BCUT2D eigenvalue weighted by Crippen LogP contribution is -2.46. The molecule has 0 spiro atoms. The molecule has 5 rings (SSSR count). The van der Waals surface area contributed by atoms with Crippen molar-refractivity contribution < 1.29 is 9.13 Å². The van der Waals surface area contributed by atoms with Crippen molar-refractivity contribution in [2.24, 2.45) is 7.05 Å². The molecule has 1 aromatic carbocycles. The van der Waals surface area contributed by atoms with Crippen LogP contribution in [-0.4, -0.2) is 48.2 Å². The first-order valence-electron chi connectivity index (χ1n) is 11.7. The van der Waals surface area contributed by atoms with Gasteiger partial charge in [-0.25, -0.2) is 22.9 Å². The molecule has 2 saturated heterocycles. The Hall–Kier alpha value is -2.78. The third kappa shape index (κ3) is 4.15. The van der Waals surface area contributed by atoms with Gasteiger partial charge in [0.05, 0.1) is 12.7 Å². The summed E-state index contributed by atoms with van der Waals surface area (Å²) in [7, 11) is 1.76. The highest BCUT2D eigenvalue weighted by Gasteiger charge is 2.40. The maximum atomic E-state index is 14.1. The van der Waals surface area contributed by atoms with Crippen molar-refractivity contribution in [1.82, 2.24) is 23.4 Å². The van der Waals surface area contributed by atoms with Crippen molar-refractivity contribution in [3.8, 4) is 0 Å². The molecule has 0 radical (unpaired) electrons. The molecule has 2 aromatic heterocycles. The molecule has 0 N–H and O–H groups in total. The van der Waals surface area contributed by atoms with Crippen LogP contribution >= 0.6 is 0 Å². The number of hydrogen-bond donors (Lipinski definition) is 0. The number of nitrogens with zero attached hydrogens (tertiary/aromatic N) is 5. The predicted molar refractivity (Wildman–Crippen MR) is 122 cm³/mol. The van der Waals surface area contributed by atoms with E-state index < -0.39 is 5.69 Å². The standard InChI is InChI=1S/C24H30FN5O3/c1-16-5-3-6-21(25)20(16)15-33-19-13-17-7-8-18(14-19)28(17)9-4-10-30-23(31)26-22-27(2)11-12-29(22)24(30)32/h3,5-6,11-12,17-19H,4,7-10,13-15H2,1-2H3. The maximum Gasteiger partial charge on any atom is 0.354 e. The quantitative estimate of drug-likeness (QED) is 0.546. The zero-order valence-electron chi connectivity index (χ0n) is 19.1. The highest BCUT2D eigenvalue weighted by atomic mass is 19.1. The molecular weight excluding hydrogens is 425 g/mol. The van der Waals surface area contributed by atoms with E-state index in [0.29, 0.717) is 43.0 Å². The van der Waals surface area contributed by atoms with Crippen LogP contribution in [0.2, 0.25) is 0 Å². The summed E-state index contributed by atoms with van der Waals surface area (Å²) >= 11 is 0. The monoisotopic (exact) mass is 455 g/mol. The second-order valence-electron chi connectivity index (χ2n) is 9.32. The van der Waals surface area contributed by atoms with Crippen LogP contribution in [-0.2, 0) is 24.9 Å². The molecule has 2 bridgehead atoms. The molecule has 9 heteroatoms. The molecule has 0 saturated carbocycles. The number of aryl methyl sites for hydroxylation is 2. The van der Waals surface area contributed by atoms with E-state index in [9.17, 15) is 14.0 Å². The number of piperidine rings is 1. The molecule has 4 heterocycles. The molecule has 0 aliphatic carbocycles. The lowest BCUT2D eigenvalue weighted by Gasteiger charge is -2.39. The van der Waals surface area contributed by atoms with E-state index in [2.05, 4.69) is 9.88 Å². The van der Waals surface area contributed by atoms with Gasteiger partial charge in [-0.3, -0.25) is 4.90 Å². The van der Waals surface area contributed by atoms with Crippen LogP contribution in [0.5, 0.6) is 0 Å². The van der Waals surface area contributed by atoms with E-state index >= 15 is 0 Å². The number of benzene rings is 1. The molecule has 176 valence electrons. The number of aromatic nitrogens is 4. The minimum Gasteiger partial charge on any atom is -0.373 e. The molecule has 2 unspecified atom stereocenters. The molecule has 2 atom stereocenters. The topological polar surface area (TPSA) is 73.8 Å². The molecule has 2 fully saturated rings. The summed E-state index contributed by atoms with van der Waals surface area (Å²) in [6.45, 7) is 3.41. The first-order valence-corrected chi connectivity index (χ1v) is 11.7. The Balaban J connectivity index is 1.18. The van der Waals surface area contributed by atoms with E-state index in [1.807, 2.05) is 13.0 Å². The van der Waals surface area contributed by atoms with Gasteiger partial charge >= 0.3 is 11.4 Å². The fourth-order valence-electron chi connectivity index (χ4n) is 5.49. The zero-order chi connectivity index (χ0) is 23.1. The fraction of sp³-hybridized carbons (Fsp3) is 0.542. The predicted octanol–water partition coefficient (Wildman–Crippen LogP) is 2.24. The largest absolute Gasteiger partial charge is 0.373 e. The second kappa shape index (κ2) is 8.87. The minimum atomic E-state index is -0.500. The summed E-state index contributed by atoms with van der Waals surface area (Å²) in [5, 5.41) is 0. The van der Waals surface area contributed by atoms with Crippen LogP contribution in [0, 0.1) is 12.7 Å². The Labute approximate surface area is 191 Å². The van der Waals surface area contributed by atoms with Crippen molar-refractivity contribution in [2.45, 2.75) is 70.4 Å². The molecule has 2 aliphatic rings. The van der Waals surface area contributed by atoms with Crippen molar-refractivity contribution in [3.05, 3.63) is 68.5 Å². The molecule has 2 aliphatic heterocycles. The van der Waals surface area contributed by atoms with Crippen LogP contribution in [0.15, 0.2) is 40.2 Å². The lowest BCUT2D eigenvalue weighted by molar-refractivity contribution is -0.0295. The van der Waals surface area contributed by atoms with Crippen molar-refractivity contribution >= 4 is 5.78 Å². The highest BCUT2D eigenvalue weighted by molar-refractivity contribution is 5.27. The SMILES string of the molecule is Cc1cccc(F)c1COC1CC2CCC(C1)N2CCCn1c(=O)nc2n(C)ccn2c1=O. The van der Waals surface area contributed by atoms with Gasteiger partial charge in [-0.15, -0.1) is 0 Å². The summed E-state index contributed by atoms with van der Waals surface area (Å²) in [4.78, 5) is 31.6. The van der Waals surface area contributed by atoms with E-state index in [0.717, 1.165) is 37.8 Å². The fourth-order valence-corrected chi connectivity index (χ4v) is 5.49. The number of imidazole rings is 1. The molecule has 3 aromatic rings. The average molecular weight is 456 g/mol. The van der Waals surface area contributed by atoms with E-state index in [-0.39, 0.29) is 17.6 Å². The molecule has 8 nitrogen and oxygen atoms in total. The molecular formula is C24H30FN5O3. The van der Waals surface area contributed by atoms with Crippen LogP contribution in [0.1, 0.15) is 43.2 Å². The van der Waals surface area contributed by atoms with Gasteiger partial charge in [0.1, 0.15) is 5.82 Å². The number of hydrogen-bond acceptors (Lipinski definition) is 5. The van der Waals surface area contributed by atoms with Gasteiger partial charge in [-0.2, -0.15) is 4.98 Å².